The monoisotopic (exact) mass is 316 g/mol. The number of H-pyrrole nitrogens is 1. The van der Waals surface area contributed by atoms with Gasteiger partial charge in [0.15, 0.2) is 0 Å². The summed E-state index contributed by atoms with van der Waals surface area (Å²) < 4.78 is 32.5. The van der Waals surface area contributed by atoms with Gasteiger partial charge >= 0.3 is 0 Å². The highest BCUT2D eigenvalue weighted by molar-refractivity contribution is 6.08. The number of carbonyl (C=O) groups is 1. The number of nitrogens with one attached hydrogen (secondary N) is 2. The molecule has 3 aromatic rings. The number of ether oxygens (including phenoxy) is 1. The van der Waals surface area contributed by atoms with Gasteiger partial charge in [-0.15, -0.1) is 0 Å². The van der Waals surface area contributed by atoms with Crippen LogP contribution in [0.15, 0.2) is 36.4 Å². The van der Waals surface area contributed by atoms with E-state index >= 15 is 0 Å². The molecule has 23 heavy (non-hydrogen) atoms. The SMILES string of the molecule is COc1ccc2[nH]c(C(=O)Nc3c(F)cccc3F)c(C)c2c1. The smallest absolute Gasteiger partial charge is 0.272 e. The van der Waals surface area contributed by atoms with Crippen LogP contribution < -0.4 is 10.1 Å². The molecule has 0 fully saturated rings. The van der Waals surface area contributed by atoms with Crippen molar-refractivity contribution < 1.29 is 18.3 Å². The van der Waals surface area contributed by atoms with Crippen LogP contribution in [0.25, 0.3) is 10.9 Å². The molecule has 2 N–H and O–H groups in total. The Morgan fingerprint density at radius 3 is 2.52 bits per heavy atom. The molecule has 118 valence electrons. The zero-order chi connectivity index (χ0) is 16.6. The van der Waals surface area contributed by atoms with E-state index in [2.05, 4.69) is 10.3 Å². The number of rotatable bonds is 3. The van der Waals surface area contributed by atoms with E-state index in [1.165, 1.54) is 6.07 Å². The van der Waals surface area contributed by atoms with Gasteiger partial charge in [-0.3, -0.25) is 4.79 Å². The molecule has 0 aliphatic heterocycles. The van der Waals surface area contributed by atoms with E-state index in [1.54, 1.807) is 32.2 Å². The van der Waals surface area contributed by atoms with Crippen molar-refractivity contribution in [3.63, 3.8) is 0 Å². The zero-order valence-corrected chi connectivity index (χ0v) is 12.5. The van der Waals surface area contributed by atoms with Gasteiger partial charge < -0.3 is 15.0 Å². The molecule has 0 unspecified atom stereocenters. The summed E-state index contributed by atoms with van der Waals surface area (Å²) in [5.41, 5.74) is 1.19. The number of fused-ring (bicyclic) bond motifs is 1. The molecule has 0 radical (unpaired) electrons. The standard InChI is InChI=1S/C17H14F2N2O2/c1-9-11-8-10(23-2)6-7-14(11)20-15(9)17(22)21-16-12(18)4-3-5-13(16)19/h3-8,20H,1-2H3,(H,21,22). The first-order valence-electron chi connectivity index (χ1n) is 6.93. The van der Waals surface area contributed by atoms with Gasteiger partial charge in [-0.2, -0.15) is 0 Å². The summed E-state index contributed by atoms with van der Waals surface area (Å²) in [5, 5.41) is 3.08. The van der Waals surface area contributed by atoms with Crippen molar-refractivity contribution in [2.24, 2.45) is 0 Å². The van der Waals surface area contributed by atoms with E-state index in [9.17, 15) is 13.6 Å². The molecule has 2 aromatic carbocycles. The number of methoxy groups -OCH3 is 1. The van der Waals surface area contributed by atoms with Gasteiger partial charge in [0.25, 0.3) is 5.91 Å². The minimum atomic E-state index is -0.825. The van der Waals surface area contributed by atoms with Crippen LogP contribution in [-0.4, -0.2) is 18.0 Å². The van der Waals surface area contributed by atoms with E-state index in [0.29, 0.717) is 11.3 Å². The quantitative estimate of drug-likeness (QED) is 0.767. The summed E-state index contributed by atoms with van der Waals surface area (Å²) in [4.78, 5) is 15.3. The maximum atomic E-state index is 13.6. The molecule has 3 rings (SSSR count). The molecule has 0 saturated carbocycles. The number of benzene rings is 2. The molecule has 0 saturated heterocycles. The third-order valence-corrected chi connectivity index (χ3v) is 3.69. The molecule has 1 heterocycles. The second kappa shape index (κ2) is 5.72. The molecule has 1 aromatic heterocycles. The molecule has 0 bridgehead atoms. The minimum absolute atomic E-state index is 0.246. The molecule has 0 aliphatic rings. The fourth-order valence-electron chi connectivity index (χ4n) is 2.45. The predicted octanol–water partition coefficient (Wildman–Crippen LogP) is 4.02. The number of anilines is 1. The molecular weight excluding hydrogens is 302 g/mol. The van der Waals surface area contributed by atoms with Crippen LogP contribution >= 0.6 is 0 Å². The van der Waals surface area contributed by atoms with Gasteiger partial charge in [0.2, 0.25) is 0 Å². The highest BCUT2D eigenvalue weighted by Gasteiger charge is 2.18. The summed E-state index contributed by atoms with van der Waals surface area (Å²) in [6.45, 7) is 1.75. The molecule has 6 heteroatoms. The number of hydrogen-bond acceptors (Lipinski definition) is 2. The first-order chi connectivity index (χ1) is 11.0. The third kappa shape index (κ3) is 2.63. The number of amides is 1. The van der Waals surface area contributed by atoms with E-state index in [1.807, 2.05) is 0 Å². The number of aromatic nitrogens is 1. The third-order valence-electron chi connectivity index (χ3n) is 3.69. The van der Waals surface area contributed by atoms with Crippen molar-refractivity contribution in [1.82, 2.24) is 4.98 Å². The largest absolute Gasteiger partial charge is 0.497 e. The van der Waals surface area contributed by atoms with Crippen molar-refractivity contribution in [1.29, 1.82) is 0 Å². The lowest BCUT2D eigenvalue weighted by atomic mass is 10.1. The van der Waals surface area contributed by atoms with Crippen LogP contribution in [0, 0.1) is 18.6 Å². The minimum Gasteiger partial charge on any atom is -0.497 e. The van der Waals surface area contributed by atoms with Crippen LogP contribution in [0.1, 0.15) is 16.1 Å². The Labute approximate surface area is 131 Å². The van der Waals surface area contributed by atoms with Crippen LogP contribution in [0.4, 0.5) is 14.5 Å². The molecular formula is C17H14F2N2O2. The highest BCUT2D eigenvalue weighted by atomic mass is 19.1. The first-order valence-corrected chi connectivity index (χ1v) is 6.93. The van der Waals surface area contributed by atoms with Crippen LogP contribution in [-0.2, 0) is 0 Å². The Balaban J connectivity index is 2.00. The van der Waals surface area contributed by atoms with Gasteiger partial charge in [-0.1, -0.05) is 6.07 Å². The normalized spacial score (nSPS) is 10.8. The van der Waals surface area contributed by atoms with Gasteiger partial charge in [-0.25, -0.2) is 8.78 Å². The van der Waals surface area contributed by atoms with Crippen molar-refractivity contribution in [2.75, 3.05) is 12.4 Å². The summed E-state index contributed by atoms with van der Waals surface area (Å²) in [6.07, 6.45) is 0. The maximum absolute atomic E-state index is 13.6. The fourth-order valence-corrected chi connectivity index (χ4v) is 2.45. The molecule has 4 nitrogen and oxygen atoms in total. The van der Waals surface area contributed by atoms with Gasteiger partial charge in [-0.05, 0) is 42.8 Å². The van der Waals surface area contributed by atoms with Crippen molar-refractivity contribution >= 4 is 22.5 Å². The lowest BCUT2D eigenvalue weighted by Gasteiger charge is -2.07. The Hall–Kier alpha value is -2.89. The van der Waals surface area contributed by atoms with Crippen LogP contribution in [0.5, 0.6) is 5.75 Å². The van der Waals surface area contributed by atoms with E-state index in [0.717, 1.165) is 23.0 Å². The number of aryl methyl sites for hydroxylation is 1. The Morgan fingerprint density at radius 1 is 1.17 bits per heavy atom. The average molecular weight is 316 g/mol. The van der Waals surface area contributed by atoms with Gasteiger partial charge in [0.05, 0.1) is 7.11 Å². The van der Waals surface area contributed by atoms with E-state index in [-0.39, 0.29) is 5.69 Å². The second-order valence-corrected chi connectivity index (χ2v) is 5.09. The number of aromatic amines is 1. The Kier molecular flexibility index (Phi) is 3.73. The van der Waals surface area contributed by atoms with Crippen molar-refractivity contribution in [3.8, 4) is 5.75 Å². The molecule has 0 aliphatic carbocycles. The molecule has 0 atom stereocenters. The number of carbonyl (C=O) groups excluding carboxylic acids is 1. The second-order valence-electron chi connectivity index (χ2n) is 5.09. The maximum Gasteiger partial charge on any atom is 0.272 e. The lowest BCUT2D eigenvalue weighted by Crippen LogP contribution is -2.15. The average Bonchev–Trinajstić information content (AvgIpc) is 2.87. The van der Waals surface area contributed by atoms with E-state index in [4.69, 9.17) is 4.74 Å². The van der Waals surface area contributed by atoms with Gasteiger partial charge in [0.1, 0.15) is 28.8 Å². The van der Waals surface area contributed by atoms with Gasteiger partial charge in [0, 0.05) is 10.9 Å². The van der Waals surface area contributed by atoms with E-state index < -0.39 is 23.2 Å². The van der Waals surface area contributed by atoms with Crippen molar-refractivity contribution in [3.05, 3.63) is 59.3 Å². The Bertz CT molecular complexity index is 883. The number of halogens is 2. The van der Waals surface area contributed by atoms with Crippen molar-refractivity contribution in [2.45, 2.75) is 6.92 Å². The lowest BCUT2D eigenvalue weighted by molar-refractivity contribution is 0.102. The highest BCUT2D eigenvalue weighted by Crippen LogP contribution is 2.27. The summed E-state index contributed by atoms with van der Waals surface area (Å²) in [7, 11) is 1.55. The summed E-state index contributed by atoms with van der Waals surface area (Å²) >= 11 is 0. The number of hydrogen-bond donors (Lipinski definition) is 2. The molecule has 1 amide bonds. The Morgan fingerprint density at radius 2 is 1.87 bits per heavy atom. The topological polar surface area (TPSA) is 54.1 Å². The number of para-hydroxylation sites is 1. The predicted molar refractivity (Wildman–Crippen MR) is 83.9 cm³/mol. The fraction of sp³-hybridized carbons (Fsp3) is 0.118. The van der Waals surface area contributed by atoms with Crippen LogP contribution in [0.3, 0.4) is 0 Å². The molecule has 0 spiro atoms. The summed E-state index contributed by atoms with van der Waals surface area (Å²) in [5.74, 6) is -1.60. The van der Waals surface area contributed by atoms with Crippen LogP contribution in [0.2, 0.25) is 0 Å². The summed E-state index contributed by atoms with van der Waals surface area (Å²) in [6, 6.07) is 8.74. The zero-order valence-electron chi connectivity index (χ0n) is 12.5. The first kappa shape index (κ1) is 15.0.